The van der Waals surface area contributed by atoms with Crippen LogP contribution in [0.3, 0.4) is 0 Å². The average Bonchev–Trinajstić information content (AvgIpc) is 2.79. The minimum absolute atomic E-state index is 0.0567. The van der Waals surface area contributed by atoms with E-state index in [0.717, 1.165) is 4.31 Å². The van der Waals surface area contributed by atoms with Gasteiger partial charge in [0.25, 0.3) is 10.0 Å². The van der Waals surface area contributed by atoms with Crippen molar-refractivity contribution >= 4 is 54.8 Å². The number of hydrogen-bond donors (Lipinski definition) is 1. The average molecular weight is 540 g/mol. The third-order valence-corrected chi connectivity index (χ3v) is 7.21. The van der Waals surface area contributed by atoms with Gasteiger partial charge in [-0.25, -0.2) is 8.42 Å². The maximum Gasteiger partial charge on any atom is 0.264 e. The quantitative estimate of drug-likeness (QED) is 0.438. The molecule has 7 nitrogen and oxygen atoms in total. The molecule has 1 amide bonds. The Morgan fingerprint density at radius 2 is 1.66 bits per heavy atom. The van der Waals surface area contributed by atoms with Gasteiger partial charge in [-0.1, -0.05) is 23.7 Å². The van der Waals surface area contributed by atoms with E-state index >= 15 is 0 Å². The molecule has 0 unspecified atom stereocenters. The number of benzene rings is 3. The second-order valence-electron chi connectivity index (χ2n) is 6.53. The van der Waals surface area contributed by atoms with Crippen molar-refractivity contribution in [2.75, 3.05) is 30.4 Å². The number of amides is 1. The van der Waals surface area contributed by atoms with Crippen LogP contribution in [0.15, 0.2) is 76.1 Å². The number of methoxy groups -OCH3 is 2. The summed E-state index contributed by atoms with van der Waals surface area (Å²) >= 11 is 9.33. The molecule has 0 heterocycles. The molecule has 0 spiro atoms. The minimum Gasteiger partial charge on any atom is -0.493 e. The van der Waals surface area contributed by atoms with Gasteiger partial charge in [-0.3, -0.25) is 9.10 Å². The van der Waals surface area contributed by atoms with Gasteiger partial charge in [-0.2, -0.15) is 0 Å². The molecule has 32 heavy (non-hydrogen) atoms. The number of rotatable bonds is 8. The smallest absolute Gasteiger partial charge is 0.264 e. The van der Waals surface area contributed by atoms with Crippen LogP contribution < -0.4 is 19.1 Å². The summed E-state index contributed by atoms with van der Waals surface area (Å²) < 4.78 is 39.2. The number of carbonyl (C=O) groups excluding carboxylic acids is 1. The minimum atomic E-state index is -4.14. The molecule has 0 saturated heterocycles. The zero-order chi connectivity index (χ0) is 23.3. The van der Waals surface area contributed by atoms with E-state index in [0.29, 0.717) is 20.9 Å². The van der Waals surface area contributed by atoms with E-state index in [9.17, 15) is 13.2 Å². The molecule has 0 aliphatic heterocycles. The van der Waals surface area contributed by atoms with Gasteiger partial charge >= 0.3 is 0 Å². The van der Waals surface area contributed by atoms with E-state index in [4.69, 9.17) is 21.1 Å². The zero-order valence-electron chi connectivity index (χ0n) is 17.2. The van der Waals surface area contributed by atoms with Crippen LogP contribution in [0.4, 0.5) is 11.4 Å². The van der Waals surface area contributed by atoms with Crippen molar-refractivity contribution in [3.05, 3.63) is 76.2 Å². The van der Waals surface area contributed by atoms with Gasteiger partial charge in [0.2, 0.25) is 5.91 Å². The molecule has 3 rings (SSSR count). The summed E-state index contributed by atoms with van der Waals surface area (Å²) in [5.74, 6) is 0.120. The molecular weight excluding hydrogens is 520 g/mol. The lowest BCUT2D eigenvalue weighted by molar-refractivity contribution is -0.114. The van der Waals surface area contributed by atoms with Crippen molar-refractivity contribution in [3.63, 3.8) is 0 Å². The standard InChI is InChI=1S/C22H20BrClN2O5S/c1-30-20-12-11-17(13-21(20)31-2)32(28,29)26(16-9-7-15(24)8-10-16)14-22(27)25-19-6-4-3-5-18(19)23/h3-13H,14H2,1-2H3,(H,25,27). The Labute approximate surface area is 200 Å². The van der Waals surface area contributed by atoms with Crippen molar-refractivity contribution in [2.45, 2.75) is 4.90 Å². The third-order valence-electron chi connectivity index (χ3n) is 4.49. The fraction of sp³-hybridized carbons (Fsp3) is 0.136. The Hall–Kier alpha value is -2.75. The number of halogens is 2. The van der Waals surface area contributed by atoms with Crippen LogP contribution in [0.2, 0.25) is 5.02 Å². The Morgan fingerprint density at radius 3 is 2.28 bits per heavy atom. The Morgan fingerprint density at radius 1 is 1.00 bits per heavy atom. The van der Waals surface area contributed by atoms with Crippen molar-refractivity contribution in [1.29, 1.82) is 0 Å². The van der Waals surface area contributed by atoms with Crippen LogP contribution >= 0.6 is 27.5 Å². The number of carbonyl (C=O) groups is 1. The first-order valence-corrected chi connectivity index (χ1v) is 11.9. The summed E-state index contributed by atoms with van der Waals surface area (Å²) in [5, 5.41) is 3.16. The molecule has 0 fully saturated rings. The van der Waals surface area contributed by atoms with E-state index in [-0.39, 0.29) is 16.3 Å². The number of sulfonamides is 1. The molecule has 3 aromatic carbocycles. The SMILES string of the molecule is COc1ccc(S(=O)(=O)N(CC(=O)Nc2ccccc2Br)c2ccc(Cl)cc2)cc1OC. The molecule has 0 aliphatic rings. The summed E-state index contributed by atoms with van der Waals surface area (Å²) in [4.78, 5) is 12.8. The molecule has 0 aromatic heterocycles. The largest absolute Gasteiger partial charge is 0.493 e. The molecule has 0 aliphatic carbocycles. The zero-order valence-corrected chi connectivity index (χ0v) is 20.4. The van der Waals surface area contributed by atoms with Crippen molar-refractivity contribution in [3.8, 4) is 11.5 Å². The van der Waals surface area contributed by atoms with E-state index in [1.54, 1.807) is 36.4 Å². The lowest BCUT2D eigenvalue weighted by Crippen LogP contribution is -2.38. The summed E-state index contributed by atoms with van der Waals surface area (Å²) in [6, 6.07) is 17.5. The summed E-state index contributed by atoms with van der Waals surface area (Å²) in [5.41, 5.74) is 0.809. The van der Waals surface area contributed by atoms with Crippen molar-refractivity contribution in [1.82, 2.24) is 0 Å². The van der Waals surface area contributed by atoms with Crippen LogP contribution in [0.1, 0.15) is 0 Å². The third kappa shape index (κ3) is 5.35. The van der Waals surface area contributed by atoms with Gasteiger partial charge in [0.15, 0.2) is 11.5 Å². The van der Waals surface area contributed by atoms with Crippen molar-refractivity contribution < 1.29 is 22.7 Å². The fourth-order valence-electron chi connectivity index (χ4n) is 2.91. The molecule has 1 N–H and O–H groups in total. The van der Waals surface area contributed by atoms with Gasteiger partial charge < -0.3 is 14.8 Å². The van der Waals surface area contributed by atoms with Crippen LogP contribution in [0, 0.1) is 0 Å². The molecule has 0 radical (unpaired) electrons. The highest BCUT2D eigenvalue weighted by molar-refractivity contribution is 9.10. The molecule has 10 heteroatoms. The predicted octanol–water partition coefficient (Wildman–Crippen LogP) is 4.95. The molecule has 0 saturated carbocycles. The predicted molar refractivity (Wildman–Crippen MR) is 128 cm³/mol. The number of hydrogen-bond acceptors (Lipinski definition) is 5. The number of anilines is 2. The van der Waals surface area contributed by atoms with Gasteiger partial charge in [-0.05, 0) is 64.5 Å². The van der Waals surface area contributed by atoms with Gasteiger partial charge in [-0.15, -0.1) is 0 Å². The van der Waals surface area contributed by atoms with E-state index in [1.807, 2.05) is 0 Å². The first-order valence-electron chi connectivity index (χ1n) is 9.31. The Bertz CT molecular complexity index is 1220. The monoisotopic (exact) mass is 538 g/mol. The fourth-order valence-corrected chi connectivity index (χ4v) is 4.86. The van der Waals surface area contributed by atoms with Gasteiger partial charge in [0.05, 0.1) is 30.5 Å². The number of ether oxygens (including phenoxy) is 2. The summed E-state index contributed by atoms with van der Waals surface area (Å²) in [7, 11) is -1.27. The highest BCUT2D eigenvalue weighted by Gasteiger charge is 2.28. The van der Waals surface area contributed by atoms with Crippen molar-refractivity contribution in [2.24, 2.45) is 0 Å². The summed E-state index contributed by atoms with van der Waals surface area (Å²) in [6.07, 6.45) is 0. The maximum atomic E-state index is 13.5. The molecule has 3 aromatic rings. The molecule has 0 bridgehead atoms. The maximum absolute atomic E-state index is 13.5. The summed E-state index contributed by atoms with van der Waals surface area (Å²) in [6.45, 7) is -0.459. The van der Waals surface area contributed by atoms with Crippen LogP contribution in [-0.2, 0) is 14.8 Å². The lowest BCUT2D eigenvalue weighted by Gasteiger charge is -2.24. The Kier molecular flexibility index (Phi) is 7.65. The van der Waals surface area contributed by atoms with Gasteiger partial charge in [0.1, 0.15) is 6.54 Å². The first kappa shape index (κ1) is 23.9. The van der Waals surface area contributed by atoms with E-state index in [2.05, 4.69) is 21.2 Å². The van der Waals surface area contributed by atoms with Gasteiger partial charge in [0, 0.05) is 15.6 Å². The number of nitrogens with zero attached hydrogens (tertiary/aromatic N) is 1. The van der Waals surface area contributed by atoms with E-state index < -0.39 is 22.5 Å². The normalized spacial score (nSPS) is 11.0. The second kappa shape index (κ2) is 10.2. The van der Waals surface area contributed by atoms with E-state index in [1.165, 1.54) is 44.6 Å². The second-order valence-corrected chi connectivity index (χ2v) is 9.69. The first-order chi connectivity index (χ1) is 15.3. The molecule has 0 atom stereocenters. The number of para-hydroxylation sites is 1. The molecular formula is C22H20BrClN2O5S. The van der Waals surface area contributed by atoms with Crippen LogP contribution in [0.5, 0.6) is 11.5 Å². The Balaban J connectivity index is 2.00. The number of nitrogens with one attached hydrogen (secondary N) is 1. The lowest BCUT2D eigenvalue weighted by atomic mass is 10.3. The van der Waals surface area contributed by atoms with Crippen LogP contribution in [-0.4, -0.2) is 35.1 Å². The topological polar surface area (TPSA) is 84.9 Å². The van der Waals surface area contributed by atoms with Crippen LogP contribution in [0.25, 0.3) is 0 Å². The molecule has 168 valence electrons. The highest BCUT2D eigenvalue weighted by Crippen LogP contribution is 2.32. The highest BCUT2D eigenvalue weighted by atomic mass is 79.9.